The minimum absolute atomic E-state index is 0.652. The van der Waals surface area contributed by atoms with Gasteiger partial charge in [0.25, 0.3) is 0 Å². The molecule has 1 aromatic rings. The summed E-state index contributed by atoms with van der Waals surface area (Å²) in [6.45, 7) is 4.70. The van der Waals surface area contributed by atoms with E-state index in [1.165, 1.54) is 5.56 Å². The van der Waals surface area contributed by atoms with Crippen LogP contribution in [0.15, 0.2) is 36.4 Å². The molecule has 0 N–H and O–H groups in total. The summed E-state index contributed by atoms with van der Waals surface area (Å²) in [6, 6.07) is 8.06. The lowest BCUT2D eigenvalue weighted by Gasteiger charge is -2.02. The minimum atomic E-state index is 0.652. The molecule has 0 aromatic heterocycles. The quantitative estimate of drug-likeness (QED) is 0.621. The summed E-state index contributed by atoms with van der Waals surface area (Å²) in [4.78, 5) is 0. The van der Waals surface area contributed by atoms with E-state index in [4.69, 9.17) is 4.74 Å². The average molecular weight is 162 g/mol. The molecule has 1 nitrogen and oxygen atoms in total. The highest BCUT2D eigenvalue weighted by atomic mass is 16.5. The van der Waals surface area contributed by atoms with Gasteiger partial charge in [-0.2, -0.15) is 0 Å². The van der Waals surface area contributed by atoms with Crippen LogP contribution in [0, 0.1) is 6.92 Å². The van der Waals surface area contributed by atoms with E-state index in [1.54, 1.807) is 0 Å². The molecule has 0 atom stereocenters. The van der Waals surface area contributed by atoms with Crippen LogP contribution in [0.3, 0.4) is 0 Å². The number of rotatable bonds is 3. The molecule has 1 aromatic carbocycles. The molecule has 0 unspecified atom stereocenters. The number of benzene rings is 1. The number of allylic oxidation sites excluding steroid dienone is 1. The van der Waals surface area contributed by atoms with Crippen LogP contribution in [-0.2, 0) is 0 Å². The molecule has 12 heavy (non-hydrogen) atoms. The predicted molar refractivity (Wildman–Crippen MR) is 51.5 cm³/mol. The van der Waals surface area contributed by atoms with Gasteiger partial charge in [-0.3, -0.25) is 0 Å². The van der Waals surface area contributed by atoms with E-state index in [0.717, 1.165) is 5.75 Å². The Morgan fingerprint density at radius 3 is 2.50 bits per heavy atom. The third kappa shape index (κ3) is 2.79. The summed E-state index contributed by atoms with van der Waals surface area (Å²) < 4.78 is 5.41. The Morgan fingerprint density at radius 1 is 1.25 bits per heavy atom. The van der Waals surface area contributed by atoms with Crippen LogP contribution in [-0.4, -0.2) is 6.61 Å². The Labute approximate surface area is 73.7 Å². The first-order chi connectivity index (χ1) is 5.83. The summed E-state index contributed by atoms with van der Waals surface area (Å²) in [6.07, 6.45) is 3.97. The Balaban J connectivity index is 2.47. The zero-order valence-electron chi connectivity index (χ0n) is 7.58. The van der Waals surface area contributed by atoms with Crippen LogP contribution in [0.4, 0.5) is 0 Å². The second-order valence-electron chi connectivity index (χ2n) is 2.69. The molecule has 0 fully saturated rings. The third-order valence-electron chi connectivity index (χ3n) is 1.60. The molecule has 64 valence electrons. The predicted octanol–water partition coefficient (Wildman–Crippen LogP) is 2.95. The van der Waals surface area contributed by atoms with Crippen LogP contribution >= 0.6 is 0 Å². The lowest BCUT2D eigenvalue weighted by Crippen LogP contribution is -1.92. The molecule has 0 saturated carbocycles. The number of aryl methyl sites for hydroxylation is 1. The Kier molecular flexibility index (Phi) is 3.39. The molecule has 0 aliphatic heterocycles. The van der Waals surface area contributed by atoms with Gasteiger partial charge in [-0.15, -0.1) is 0 Å². The normalized spacial score (nSPS) is 10.5. The van der Waals surface area contributed by atoms with Crippen molar-refractivity contribution in [3.05, 3.63) is 42.0 Å². The van der Waals surface area contributed by atoms with Crippen molar-refractivity contribution in [2.45, 2.75) is 13.8 Å². The molecule has 1 rings (SSSR count). The van der Waals surface area contributed by atoms with Gasteiger partial charge in [-0.1, -0.05) is 29.8 Å². The van der Waals surface area contributed by atoms with E-state index in [-0.39, 0.29) is 0 Å². The van der Waals surface area contributed by atoms with Gasteiger partial charge >= 0.3 is 0 Å². The Hall–Kier alpha value is -1.24. The van der Waals surface area contributed by atoms with Crippen molar-refractivity contribution in [3.8, 4) is 5.75 Å². The lowest BCUT2D eigenvalue weighted by atomic mass is 10.2. The Morgan fingerprint density at radius 2 is 1.92 bits per heavy atom. The van der Waals surface area contributed by atoms with Crippen LogP contribution < -0.4 is 4.74 Å². The zero-order chi connectivity index (χ0) is 8.81. The summed E-state index contributed by atoms with van der Waals surface area (Å²) in [5.74, 6) is 0.929. The maximum atomic E-state index is 5.41. The maximum absolute atomic E-state index is 5.41. The Bertz CT molecular complexity index is 246. The van der Waals surface area contributed by atoms with Crippen LogP contribution in [0.25, 0.3) is 0 Å². The van der Waals surface area contributed by atoms with Gasteiger partial charge < -0.3 is 4.74 Å². The minimum Gasteiger partial charge on any atom is -0.490 e. The van der Waals surface area contributed by atoms with Crippen molar-refractivity contribution in [1.82, 2.24) is 0 Å². The second kappa shape index (κ2) is 4.60. The van der Waals surface area contributed by atoms with Gasteiger partial charge in [-0.25, -0.2) is 0 Å². The molecule has 0 amide bonds. The number of ether oxygens (including phenoxy) is 1. The van der Waals surface area contributed by atoms with E-state index < -0.39 is 0 Å². The van der Waals surface area contributed by atoms with E-state index in [1.807, 2.05) is 43.3 Å². The average Bonchev–Trinajstić information content (AvgIpc) is 2.09. The molecule has 0 spiro atoms. The molecule has 0 heterocycles. The highest BCUT2D eigenvalue weighted by Crippen LogP contribution is 2.10. The molecule has 1 heteroatoms. The van der Waals surface area contributed by atoms with Crippen LogP contribution in [0.2, 0.25) is 0 Å². The fourth-order valence-electron chi connectivity index (χ4n) is 0.875. The molecule has 0 aliphatic carbocycles. The standard InChI is InChI=1S/C11H14O/c1-3-4-9-12-11-7-5-10(2)6-8-11/h3-8H,9H2,1-2H3/b4-3-. The molecule has 0 saturated heterocycles. The van der Waals surface area contributed by atoms with Gasteiger partial charge in [0, 0.05) is 0 Å². The smallest absolute Gasteiger partial charge is 0.119 e. The van der Waals surface area contributed by atoms with E-state index in [9.17, 15) is 0 Å². The monoisotopic (exact) mass is 162 g/mol. The maximum Gasteiger partial charge on any atom is 0.119 e. The van der Waals surface area contributed by atoms with Gasteiger partial charge in [0.05, 0.1) is 0 Å². The van der Waals surface area contributed by atoms with Crippen molar-refractivity contribution in [2.24, 2.45) is 0 Å². The molecule has 0 radical (unpaired) electrons. The summed E-state index contributed by atoms with van der Waals surface area (Å²) >= 11 is 0. The first-order valence-electron chi connectivity index (χ1n) is 4.13. The molecular weight excluding hydrogens is 148 g/mol. The highest BCUT2D eigenvalue weighted by Gasteiger charge is 1.89. The number of hydrogen-bond acceptors (Lipinski definition) is 1. The van der Waals surface area contributed by atoms with E-state index in [0.29, 0.717) is 6.61 Å². The molecule has 0 bridgehead atoms. The first-order valence-corrected chi connectivity index (χ1v) is 4.13. The number of hydrogen-bond donors (Lipinski definition) is 0. The van der Waals surface area contributed by atoms with Crippen molar-refractivity contribution in [1.29, 1.82) is 0 Å². The largest absolute Gasteiger partial charge is 0.490 e. The fourth-order valence-corrected chi connectivity index (χ4v) is 0.875. The third-order valence-corrected chi connectivity index (χ3v) is 1.60. The summed E-state index contributed by atoms with van der Waals surface area (Å²) in [5.41, 5.74) is 1.26. The first kappa shape index (κ1) is 8.85. The topological polar surface area (TPSA) is 9.23 Å². The fraction of sp³-hybridized carbons (Fsp3) is 0.273. The van der Waals surface area contributed by atoms with E-state index >= 15 is 0 Å². The van der Waals surface area contributed by atoms with Gasteiger partial charge in [0.2, 0.25) is 0 Å². The highest BCUT2D eigenvalue weighted by molar-refractivity contribution is 5.26. The van der Waals surface area contributed by atoms with Crippen molar-refractivity contribution in [2.75, 3.05) is 6.61 Å². The van der Waals surface area contributed by atoms with Crippen molar-refractivity contribution < 1.29 is 4.74 Å². The van der Waals surface area contributed by atoms with Gasteiger partial charge in [0.1, 0.15) is 12.4 Å². The van der Waals surface area contributed by atoms with Gasteiger partial charge in [-0.05, 0) is 26.0 Å². The summed E-state index contributed by atoms with van der Waals surface area (Å²) in [5, 5.41) is 0. The van der Waals surface area contributed by atoms with Crippen molar-refractivity contribution >= 4 is 0 Å². The van der Waals surface area contributed by atoms with Gasteiger partial charge in [0.15, 0.2) is 0 Å². The van der Waals surface area contributed by atoms with E-state index in [2.05, 4.69) is 6.92 Å². The summed E-state index contributed by atoms with van der Waals surface area (Å²) in [7, 11) is 0. The van der Waals surface area contributed by atoms with Crippen LogP contribution in [0.5, 0.6) is 5.75 Å². The lowest BCUT2D eigenvalue weighted by molar-refractivity contribution is 0.362. The SMILES string of the molecule is C/C=C\COc1ccc(C)cc1. The molecule has 0 aliphatic rings. The second-order valence-corrected chi connectivity index (χ2v) is 2.69. The molecular formula is C11H14O. The zero-order valence-corrected chi connectivity index (χ0v) is 7.58. The van der Waals surface area contributed by atoms with Crippen molar-refractivity contribution in [3.63, 3.8) is 0 Å². The van der Waals surface area contributed by atoms with Crippen LogP contribution in [0.1, 0.15) is 12.5 Å².